The number of benzene rings is 1. The third-order valence-corrected chi connectivity index (χ3v) is 3.99. The topological polar surface area (TPSA) is 46.6 Å². The average molecular weight is 317 g/mol. The number of ketones is 1. The Morgan fingerprint density at radius 1 is 1.22 bits per heavy atom. The van der Waals surface area contributed by atoms with Gasteiger partial charge in [0.1, 0.15) is 11.6 Å². The van der Waals surface area contributed by atoms with Gasteiger partial charge in [-0.15, -0.1) is 0 Å². The molecule has 0 spiro atoms. The van der Waals surface area contributed by atoms with E-state index in [1.807, 2.05) is 51.1 Å². The number of likely N-dealkylation sites (tertiary alicyclic amines) is 1. The number of rotatable bonds is 6. The number of esters is 1. The summed E-state index contributed by atoms with van der Waals surface area (Å²) < 4.78 is 5.50. The van der Waals surface area contributed by atoms with Crippen LogP contribution in [0.5, 0.6) is 0 Å². The summed E-state index contributed by atoms with van der Waals surface area (Å²) in [6, 6.07) is 9.22. The average Bonchev–Trinajstić information content (AvgIpc) is 2.95. The Balaban J connectivity index is 1.80. The summed E-state index contributed by atoms with van der Waals surface area (Å²) in [5, 5.41) is 0. The lowest BCUT2D eigenvalue weighted by molar-refractivity contribution is -0.160. The molecule has 0 N–H and O–H groups in total. The molecular weight excluding hydrogens is 290 g/mol. The molecule has 0 aromatic heterocycles. The highest BCUT2D eigenvalue weighted by Crippen LogP contribution is 2.21. The Morgan fingerprint density at radius 2 is 1.91 bits per heavy atom. The van der Waals surface area contributed by atoms with Crippen molar-refractivity contribution >= 4 is 11.8 Å². The molecule has 0 bridgehead atoms. The first-order valence-electron chi connectivity index (χ1n) is 8.42. The molecule has 1 fully saturated rings. The standard InChI is InChI=1S/C19H27NO3/c1-19(2,3)23-18(22)16-11-7-13-20(16)14-8-12-17(21)15-9-5-4-6-10-15/h4-6,9-10,16H,7-8,11-14H2,1-3H3/t16-/m0/s1. The lowest BCUT2D eigenvalue weighted by atomic mass is 10.1. The summed E-state index contributed by atoms with van der Waals surface area (Å²) >= 11 is 0. The zero-order chi connectivity index (χ0) is 16.9. The van der Waals surface area contributed by atoms with Gasteiger partial charge in [-0.1, -0.05) is 30.3 Å². The van der Waals surface area contributed by atoms with E-state index >= 15 is 0 Å². The highest BCUT2D eigenvalue weighted by atomic mass is 16.6. The van der Waals surface area contributed by atoms with Crippen LogP contribution in [0.15, 0.2) is 30.3 Å². The molecular formula is C19H27NO3. The lowest BCUT2D eigenvalue weighted by Crippen LogP contribution is -2.41. The molecule has 4 heteroatoms. The molecule has 2 rings (SSSR count). The molecule has 0 amide bonds. The van der Waals surface area contributed by atoms with Gasteiger partial charge in [-0.05, 0) is 53.1 Å². The molecule has 0 saturated carbocycles. The Hall–Kier alpha value is -1.68. The van der Waals surface area contributed by atoms with Crippen LogP contribution in [-0.4, -0.2) is 41.4 Å². The van der Waals surface area contributed by atoms with Crippen LogP contribution in [0.3, 0.4) is 0 Å². The van der Waals surface area contributed by atoms with E-state index in [-0.39, 0.29) is 17.8 Å². The molecule has 0 radical (unpaired) electrons. The van der Waals surface area contributed by atoms with Gasteiger partial charge in [0.15, 0.2) is 5.78 Å². The predicted octanol–water partition coefficient (Wildman–Crippen LogP) is 3.46. The number of hydrogen-bond donors (Lipinski definition) is 0. The highest BCUT2D eigenvalue weighted by molar-refractivity contribution is 5.95. The first kappa shape index (κ1) is 17.7. The van der Waals surface area contributed by atoms with Crippen LogP contribution in [0.4, 0.5) is 0 Å². The summed E-state index contributed by atoms with van der Waals surface area (Å²) in [5.41, 5.74) is 0.312. The summed E-state index contributed by atoms with van der Waals surface area (Å²) in [6.07, 6.45) is 3.15. The largest absolute Gasteiger partial charge is 0.459 e. The number of nitrogens with zero attached hydrogens (tertiary/aromatic N) is 1. The third kappa shape index (κ3) is 5.47. The molecule has 126 valence electrons. The number of ether oxygens (including phenoxy) is 1. The van der Waals surface area contributed by atoms with E-state index in [9.17, 15) is 9.59 Å². The van der Waals surface area contributed by atoms with Crippen molar-refractivity contribution in [1.82, 2.24) is 4.90 Å². The van der Waals surface area contributed by atoms with E-state index in [2.05, 4.69) is 4.90 Å². The van der Waals surface area contributed by atoms with Gasteiger partial charge >= 0.3 is 5.97 Å². The van der Waals surface area contributed by atoms with Crippen LogP contribution >= 0.6 is 0 Å². The zero-order valence-corrected chi connectivity index (χ0v) is 14.4. The van der Waals surface area contributed by atoms with Gasteiger partial charge in [-0.25, -0.2) is 0 Å². The minimum atomic E-state index is -0.450. The minimum absolute atomic E-state index is 0.135. The molecule has 1 aromatic carbocycles. The van der Waals surface area contributed by atoms with Crippen molar-refractivity contribution in [1.29, 1.82) is 0 Å². The molecule has 0 unspecified atom stereocenters. The van der Waals surface area contributed by atoms with E-state index in [0.717, 1.165) is 37.9 Å². The monoisotopic (exact) mass is 317 g/mol. The second-order valence-corrected chi connectivity index (χ2v) is 7.12. The van der Waals surface area contributed by atoms with E-state index in [1.165, 1.54) is 0 Å². The molecule has 0 aliphatic carbocycles. The van der Waals surface area contributed by atoms with Crippen molar-refractivity contribution in [2.24, 2.45) is 0 Å². The zero-order valence-electron chi connectivity index (χ0n) is 14.4. The van der Waals surface area contributed by atoms with Crippen LogP contribution in [0, 0.1) is 0 Å². The van der Waals surface area contributed by atoms with E-state index < -0.39 is 5.60 Å². The smallest absolute Gasteiger partial charge is 0.323 e. The highest BCUT2D eigenvalue weighted by Gasteiger charge is 2.33. The van der Waals surface area contributed by atoms with Gasteiger partial charge in [0.25, 0.3) is 0 Å². The second kappa shape index (κ2) is 7.73. The van der Waals surface area contributed by atoms with Crippen molar-refractivity contribution in [3.05, 3.63) is 35.9 Å². The number of carbonyl (C=O) groups is 2. The van der Waals surface area contributed by atoms with Crippen LogP contribution < -0.4 is 0 Å². The van der Waals surface area contributed by atoms with Gasteiger partial charge in [0.2, 0.25) is 0 Å². The third-order valence-electron chi connectivity index (χ3n) is 3.99. The SMILES string of the molecule is CC(C)(C)OC(=O)[C@@H]1CCCN1CCCC(=O)c1ccccc1. The van der Waals surface area contributed by atoms with Crippen LogP contribution in [0.1, 0.15) is 56.8 Å². The van der Waals surface area contributed by atoms with Crippen LogP contribution in [0.25, 0.3) is 0 Å². The summed E-state index contributed by atoms with van der Waals surface area (Å²) in [5.74, 6) is 0.0306. The summed E-state index contributed by atoms with van der Waals surface area (Å²) in [7, 11) is 0. The van der Waals surface area contributed by atoms with E-state index in [0.29, 0.717) is 6.42 Å². The second-order valence-electron chi connectivity index (χ2n) is 7.12. The van der Waals surface area contributed by atoms with Crippen molar-refractivity contribution in [2.45, 2.75) is 58.1 Å². The maximum absolute atomic E-state index is 12.3. The van der Waals surface area contributed by atoms with E-state index in [1.54, 1.807) is 0 Å². The molecule has 1 aromatic rings. The molecule has 1 heterocycles. The van der Waals surface area contributed by atoms with Crippen molar-refractivity contribution in [3.8, 4) is 0 Å². The lowest BCUT2D eigenvalue weighted by Gasteiger charge is -2.27. The molecule has 23 heavy (non-hydrogen) atoms. The van der Waals surface area contributed by atoms with Crippen molar-refractivity contribution < 1.29 is 14.3 Å². The van der Waals surface area contributed by atoms with Gasteiger partial charge in [0.05, 0.1) is 0 Å². The Bertz CT molecular complexity index is 533. The van der Waals surface area contributed by atoms with Crippen molar-refractivity contribution in [3.63, 3.8) is 0 Å². The molecule has 1 aliphatic rings. The number of carbonyl (C=O) groups excluding carboxylic acids is 2. The maximum atomic E-state index is 12.3. The first-order chi connectivity index (χ1) is 10.9. The molecule has 1 saturated heterocycles. The number of hydrogen-bond acceptors (Lipinski definition) is 4. The van der Waals surface area contributed by atoms with Crippen molar-refractivity contribution in [2.75, 3.05) is 13.1 Å². The van der Waals surface area contributed by atoms with Crippen LogP contribution in [-0.2, 0) is 9.53 Å². The fourth-order valence-electron chi connectivity index (χ4n) is 2.94. The first-order valence-corrected chi connectivity index (χ1v) is 8.42. The Labute approximate surface area is 138 Å². The van der Waals surface area contributed by atoms with Gasteiger partial charge in [-0.2, -0.15) is 0 Å². The van der Waals surface area contributed by atoms with Crippen LogP contribution in [0.2, 0.25) is 0 Å². The quantitative estimate of drug-likeness (QED) is 0.595. The molecule has 4 nitrogen and oxygen atoms in total. The van der Waals surface area contributed by atoms with Gasteiger partial charge in [-0.3, -0.25) is 14.5 Å². The fourth-order valence-corrected chi connectivity index (χ4v) is 2.94. The minimum Gasteiger partial charge on any atom is -0.459 e. The Morgan fingerprint density at radius 3 is 2.57 bits per heavy atom. The molecule has 1 atom stereocenters. The fraction of sp³-hybridized carbons (Fsp3) is 0.579. The summed E-state index contributed by atoms with van der Waals surface area (Å²) in [4.78, 5) is 26.5. The predicted molar refractivity (Wildman–Crippen MR) is 90.4 cm³/mol. The Kier molecular flexibility index (Phi) is 5.94. The maximum Gasteiger partial charge on any atom is 0.323 e. The van der Waals surface area contributed by atoms with E-state index in [4.69, 9.17) is 4.74 Å². The summed E-state index contributed by atoms with van der Waals surface area (Å²) in [6.45, 7) is 7.35. The molecule has 1 aliphatic heterocycles. The van der Waals surface area contributed by atoms with Gasteiger partial charge in [0, 0.05) is 12.0 Å². The number of Topliss-reactive ketones (excluding diaryl/α,β-unsaturated/α-hetero) is 1. The van der Waals surface area contributed by atoms with Gasteiger partial charge < -0.3 is 4.74 Å². The normalized spacial score (nSPS) is 18.8.